The fourth-order valence-corrected chi connectivity index (χ4v) is 3.36. The monoisotopic (exact) mass is 301 g/mol. The first kappa shape index (κ1) is 14.8. The van der Waals surface area contributed by atoms with Gasteiger partial charge in [-0.25, -0.2) is 0 Å². The Morgan fingerprint density at radius 2 is 2.05 bits per heavy atom. The van der Waals surface area contributed by atoms with E-state index in [-0.39, 0.29) is 11.8 Å². The number of hydrogen-bond donors (Lipinski definition) is 1. The van der Waals surface area contributed by atoms with Crippen LogP contribution < -0.4 is 5.32 Å². The average Bonchev–Trinajstić information content (AvgIpc) is 3.00. The van der Waals surface area contributed by atoms with Crippen LogP contribution in [0.25, 0.3) is 0 Å². The highest BCUT2D eigenvalue weighted by atomic mass is 16.1. The Hall–Kier alpha value is -2.11. The van der Waals surface area contributed by atoms with Crippen LogP contribution in [0.1, 0.15) is 55.1 Å². The van der Waals surface area contributed by atoms with Gasteiger partial charge in [0.2, 0.25) is 5.91 Å². The molecule has 1 aliphatic heterocycles. The third-order valence-electron chi connectivity index (χ3n) is 4.50. The lowest BCUT2D eigenvalue weighted by atomic mass is 9.86. The number of nitrogens with zero attached hydrogens (tertiary/aromatic N) is 4. The molecule has 2 aromatic heterocycles. The van der Waals surface area contributed by atoms with Crippen LogP contribution in [0.4, 0.5) is 5.82 Å². The molecule has 0 saturated heterocycles. The van der Waals surface area contributed by atoms with Crippen LogP contribution in [0.5, 0.6) is 0 Å². The largest absolute Gasteiger partial charge is 0.309 e. The number of aromatic nitrogens is 4. The van der Waals surface area contributed by atoms with Gasteiger partial charge in [-0.15, -0.1) is 0 Å². The summed E-state index contributed by atoms with van der Waals surface area (Å²) in [5, 5.41) is 11.9. The summed E-state index contributed by atoms with van der Waals surface area (Å²) in [6.07, 6.45) is 3.39. The molecular formula is C16H23N5O. The molecule has 2 aromatic rings. The van der Waals surface area contributed by atoms with Crippen molar-refractivity contribution in [3.05, 3.63) is 28.7 Å². The highest BCUT2D eigenvalue weighted by Crippen LogP contribution is 2.39. The Morgan fingerprint density at radius 3 is 2.68 bits per heavy atom. The third kappa shape index (κ3) is 2.23. The standard InChI is InChI=1S/C16H23N5O/c1-5-7-21-11(4)15-12(8-14(22)18-16(15)19-21)13-9-17-20(6-2)10(13)3/h9,12H,5-8H2,1-4H3,(H,18,19,22). The van der Waals surface area contributed by atoms with Crippen LogP contribution in [0.2, 0.25) is 0 Å². The van der Waals surface area contributed by atoms with E-state index in [0.29, 0.717) is 6.42 Å². The lowest BCUT2D eigenvalue weighted by Crippen LogP contribution is -2.23. The second-order valence-electron chi connectivity index (χ2n) is 5.88. The van der Waals surface area contributed by atoms with Crippen molar-refractivity contribution in [1.29, 1.82) is 0 Å². The van der Waals surface area contributed by atoms with Crippen LogP contribution >= 0.6 is 0 Å². The molecular weight excluding hydrogens is 278 g/mol. The Labute approximate surface area is 130 Å². The van der Waals surface area contributed by atoms with Crippen LogP contribution in [-0.4, -0.2) is 25.5 Å². The molecule has 0 aromatic carbocycles. The Bertz CT molecular complexity index is 712. The van der Waals surface area contributed by atoms with Crippen molar-refractivity contribution in [2.24, 2.45) is 0 Å². The second-order valence-corrected chi connectivity index (χ2v) is 5.88. The van der Waals surface area contributed by atoms with E-state index >= 15 is 0 Å². The molecule has 1 atom stereocenters. The highest BCUT2D eigenvalue weighted by Gasteiger charge is 2.33. The van der Waals surface area contributed by atoms with Crippen molar-refractivity contribution in [2.45, 2.75) is 59.5 Å². The maximum absolute atomic E-state index is 12.1. The molecule has 0 saturated carbocycles. The minimum absolute atomic E-state index is 0.0299. The van der Waals surface area contributed by atoms with Gasteiger partial charge in [-0.1, -0.05) is 6.92 Å². The van der Waals surface area contributed by atoms with Gasteiger partial charge in [0.05, 0.1) is 6.20 Å². The minimum atomic E-state index is 0.0299. The van der Waals surface area contributed by atoms with Crippen LogP contribution in [0.15, 0.2) is 6.20 Å². The number of aryl methyl sites for hydroxylation is 2. The van der Waals surface area contributed by atoms with Crippen LogP contribution in [-0.2, 0) is 17.9 Å². The second kappa shape index (κ2) is 5.59. The summed E-state index contributed by atoms with van der Waals surface area (Å²) in [7, 11) is 0. The molecule has 0 fully saturated rings. The van der Waals surface area contributed by atoms with Crippen molar-refractivity contribution >= 4 is 11.7 Å². The summed E-state index contributed by atoms with van der Waals surface area (Å²) in [6, 6.07) is 0. The van der Waals surface area contributed by atoms with E-state index in [2.05, 4.69) is 43.2 Å². The quantitative estimate of drug-likeness (QED) is 0.944. The molecule has 118 valence electrons. The molecule has 6 heteroatoms. The van der Waals surface area contributed by atoms with E-state index in [1.165, 1.54) is 0 Å². The van der Waals surface area contributed by atoms with Gasteiger partial charge in [0, 0.05) is 47.9 Å². The van der Waals surface area contributed by atoms with E-state index < -0.39 is 0 Å². The minimum Gasteiger partial charge on any atom is -0.309 e. The van der Waals surface area contributed by atoms with Crippen molar-refractivity contribution in [2.75, 3.05) is 5.32 Å². The third-order valence-corrected chi connectivity index (χ3v) is 4.50. The first-order valence-corrected chi connectivity index (χ1v) is 7.96. The molecule has 0 spiro atoms. The normalized spacial score (nSPS) is 17.5. The number of hydrogen-bond acceptors (Lipinski definition) is 3. The van der Waals surface area contributed by atoms with Gasteiger partial charge >= 0.3 is 0 Å². The lowest BCUT2D eigenvalue weighted by molar-refractivity contribution is -0.116. The molecule has 1 aliphatic rings. The average molecular weight is 301 g/mol. The highest BCUT2D eigenvalue weighted by molar-refractivity contribution is 5.94. The van der Waals surface area contributed by atoms with Crippen molar-refractivity contribution in [3.8, 4) is 0 Å². The molecule has 1 unspecified atom stereocenters. The number of carbonyl (C=O) groups excluding carboxylic acids is 1. The summed E-state index contributed by atoms with van der Waals surface area (Å²) in [4.78, 5) is 12.1. The number of carbonyl (C=O) groups is 1. The summed E-state index contributed by atoms with van der Waals surface area (Å²) < 4.78 is 3.98. The number of rotatable bonds is 4. The van der Waals surface area contributed by atoms with Gasteiger partial charge in [-0.3, -0.25) is 14.2 Å². The molecule has 0 bridgehead atoms. The van der Waals surface area contributed by atoms with E-state index in [0.717, 1.165) is 47.8 Å². The summed E-state index contributed by atoms with van der Waals surface area (Å²) in [6.45, 7) is 10.1. The number of anilines is 1. The van der Waals surface area contributed by atoms with E-state index in [4.69, 9.17) is 0 Å². The maximum Gasteiger partial charge on any atom is 0.226 e. The topological polar surface area (TPSA) is 64.7 Å². The van der Waals surface area contributed by atoms with Gasteiger partial charge in [-0.05, 0) is 27.2 Å². The molecule has 1 N–H and O–H groups in total. The molecule has 0 aliphatic carbocycles. The van der Waals surface area contributed by atoms with Gasteiger partial charge in [0.1, 0.15) is 0 Å². The fraction of sp³-hybridized carbons (Fsp3) is 0.562. The van der Waals surface area contributed by atoms with Gasteiger partial charge in [0.15, 0.2) is 5.82 Å². The molecule has 3 heterocycles. The van der Waals surface area contributed by atoms with E-state index in [9.17, 15) is 4.79 Å². The van der Waals surface area contributed by atoms with E-state index in [1.807, 2.05) is 15.6 Å². The SMILES string of the molecule is CCCn1nc2c(c1C)C(c1cnn(CC)c1C)CC(=O)N2. The molecule has 6 nitrogen and oxygen atoms in total. The fourth-order valence-electron chi connectivity index (χ4n) is 3.36. The molecule has 0 radical (unpaired) electrons. The van der Waals surface area contributed by atoms with E-state index in [1.54, 1.807) is 0 Å². The Kier molecular flexibility index (Phi) is 3.76. The smallest absolute Gasteiger partial charge is 0.226 e. The molecule has 3 rings (SSSR count). The first-order chi connectivity index (χ1) is 10.6. The number of amides is 1. The lowest BCUT2D eigenvalue weighted by Gasteiger charge is -2.22. The van der Waals surface area contributed by atoms with Crippen LogP contribution in [0.3, 0.4) is 0 Å². The predicted octanol–water partition coefficient (Wildman–Crippen LogP) is 2.60. The maximum atomic E-state index is 12.1. The Morgan fingerprint density at radius 1 is 1.27 bits per heavy atom. The molecule has 1 amide bonds. The summed E-state index contributed by atoms with van der Waals surface area (Å²) >= 11 is 0. The first-order valence-electron chi connectivity index (χ1n) is 7.96. The van der Waals surface area contributed by atoms with Gasteiger partial charge < -0.3 is 5.32 Å². The zero-order chi connectivity index (χ0) is 15.9. The number of nitrogens with one attached hydrogen (secondary N) is 1. The van der Waals surface area contributed by atoms with Crippen molar-refractivity contribution in [3.63, 3.8) is 0 Å². The van der Waals surface area contributed by atoms with Gasteiger partial charge in [0.25, 0.3) is 0 Å². The number of fused-ring (bicyclic) bond motifs is 1. The van der Waals surface area contributed by atoms with Crippen molar-refractivity contribution < 1.29 is 4.79 Å². The zero-order valence-electron chi connectivity index (χ0n) is 13.7. The van der Waals surface area contributed by atoms with Gasteiger partial charge in [-0.2, -0.15) is 10.2 Å². The van der Waals surface area contributed by atoms with Crippen LogP contribution in [0, 0.1) is 13.8 Å². The predicted molar refractivity (Wildman–Crippen MR) is 85.0 cm³/mol. The summed E-state index contributed by atoms with van der Waals surface area (Å²) in [5.41, 5.74) is 4.56. The zero-order valence-corrected chi connectivity index (χ0v) is 13.7. The Balaban J connectivity index is 2.10. The van der Waals surface area contributed by atoms with Crippen molar-refractivity contribution in [1.82, 2.24) is 19.6 Å². The summed E-state index contributed by atoms with van der Waals surface area (Å²) in [5.74, 6) is 0.799. The molecule has 22 heavy (non-hydrogen) atoms.